The Morgan fingerprint density at radius 1 is 0.914 bits per heavy atom. The molecule has 2 aromatic carbocycles. The Bertz CT molecular complexity index is 1300. The predicted octanol–water partition coefficient (Wildman–Crippen LogP) is 6.42. The number of hydrogen-bond donors (Lipinski definition) is 1. The van der Waals surface area contributed by atoms with Crippen molar-refractivity contribution in [2.45, 2.75) is 33.6 Å². The van der Waals surface area contributed by atoms with Gasteiger partial charge in [0.2, 0.25) is 0 Å². The van der Waals surface area contributed by atoms with Crippen molar-refractivity contribution >= 4 is 11.9 Å². The first-order valence-electron chi connectivity index (χ1n) is 11.7. The molecule has 1 aliphatic rings. The Morgan fingerprint density at radius 3 is 2.34 bits per heavy atom. The molecule has 0 aliphatic carbocycles. The summed E-state index contributed by atoms with van der Waals surface area (Å²) in [5.41, 5.74) is 3.90. The zero-order chi connectivity index (χ0) is 24.6. The van der Waals surface area contributed by atoms with E-state index in [1.807, 2.05) is 18.2 Å². The number of rotatable bonds is 5. The number of amides is 1. The van der Waals surface area contributed by atoms with Gasteiger partial charge in [0.05, 0.1) is 19.5 Å². The summed E-state index contributed by atoms with van der Waals surface area (Å²) in [6.07, 6.45) is 1.52. The van der Waals surface area contributed by atoms with E-state index in [1.165, 1.54) is 11.8 Å². The zero-order valence-corrected chi connectivity index (χ0v) is 20.4. The average molecular weight is 472 g/mol. The molecule has 3 heterocycles. The van der Waals surface area contributed by atoms with Gasteiger partial charge in [-0.3, -0.25) is 10.1 Å². The van der Waals surface area contributed by atoms with E-state index >= 15 is 0 Å². The zero-order valence-electron chi connectivity index (χ0n) is 20.4. The SMILES string of the molecule is CC1(C)COCC(C)(C)C1c1ccc(-c2cccc(C(=O)Nc3nnc(-c4ccco4)o3)c2)cc1. The molecule has 1 amide bonds. The van der Waals surface area contributed by atoms with Gasteiger partial charge in [-0.1, -0.05) is 69.2 Å². The van der Waals surface area contributed by atoms with Crippen LogP contribution in [0.15, 0.2) is 75.8 Å². The summed E-state index contributed by atoms with van der Waals surface area (Å²) in [5, 5.41) is 10.4. The standard InChI is InChI=1S/C28H29N3O4/c1-27(2)16-33-17-28(3,4)23(27)19-12-10-18(11-13-19)20-7-5-8-21(15-20)24(32)29-26-31-30-25(35-26)22-9-6-14-34-22/h5-15,23H,16-17H2,1-4H3,(H,29,31,32). The van der Waals surface area contributed by atoms with Gasteiger partial charge in [-0.15, -0.1) is 5.10 Å². The number of benzene rings is 2. The van der Waals surface area contributed by atoms with Crippen LogP contribution < -0.4 is 5.32 Å². The van der Waals surface area contributed by atoms with Gasteiger partial charge < -0.3 is 13.6 Å². The molecule has 2 aromatic heterocycles. The highest BCUT2D eigenvalue weighted by Crippen LogP contribution is 2.51. The minimum atomic E-state index is -0.330. The van der Waals surface area contributed by atoms with Crippen molar-refractivity contribution in [2.75, 3.05) is 18.5 Å². The van der Waals surface area contributed by atoms with E-state index in [2.05, 4.69) is 67.5 Å². The summed E-state index contributed by atoms with van der Waals surface area (Å²) < 4.78 is 16.6. The minimum Gasteiger partial charge on any atom is -0.459 e. The Morgan fingerprint density at radius 2 is 1.66 bits per heavy atom. The first-order chi connectivity index (χ1) is 16.7. The Hall–Kier alpha value is -3.71. The van der Waals surface area contributed by atoms with Gasteiger partial charge in [0.25, 0.3) is 11.8 Å². The topological polar surface area (TPSA) is 90.4 Å². The van der Waals surface area contributed by atoms with E-state index in [1.54, 1.807) is 18.2 Å². The van der Waals surface area contributed by atoms with Gasteiger partial charge in [0.1, 0.15) is 0 Å². The Kier molecular flexibility index (Phi) is 5.81. The maximum atomic E-state index is 12.8. The number of nitrogens with zero attached hydrogens (tertiary/aromatic N) is 2. The van der Waals surface area contributed by atoms with E-state index in [0.29, 0.717) is 17.2 Å². The molecule has 0 bridgehead atoms. The third-order valence-corrected chi connectivity index (χ3v) is 6.59. The van der Waals surface area contributed by atoms with Crippen molar-refractivity contribution in [1.29, 1.82) is 0 Å². The van der Waals surface area contributed by atoms with Gasteiger partial charge in [-0.2, -0.15) is 0 Å². The number of aromatic nitrogens is 2. The number of ether oxygens (including phenoxy) is 1. The third-order valence-electron chi connectivity index (χ3n) is 6.59. The fraction of sp³-hybridized carbons (Fsp3) is 0.321. The fourth-order valence-electron chi connectivity index (χ4n) is 5.35. The van der Waals surface area contributed by atoms with Gasteiger partial charge in [-0.25, -0.2) is 0 Å². The minimum absolute atomic E-state index is 0.0119. The number of anilines is 1. The van der Waals surface area contributed by atoms with Crippen LogP contribution in [-0.4, -0.2) is 29.3 Å². The van der Waals surface area contributed by atoms with Crippen LogP contribution in [0.25, 0.3) is 22.8 Å². The van der Waals surface area contributed by atoms with Crippen molar-refractivity contribution in [3.8, 4) is 22.8 Å². The summed E-state index contributed by atoms with van der Waals surface area (Å²) >= 11 is 0. The molecule has 180 valence electrons. The predicted molar refractivity (Wildman–Crippen MR) is 133 cm³/mol. The number of nitrogens with one attached hydrogen (secondary N) is 1. The highest BCUT2D eigenvalue weighted by atomic mass is 16.5. The maximum absolute atomic E-state index is 12.8. The third kappa shape index (κ3) is 4.64. The molecule has 35 heavy (non-hydrogen) atoms. The van der Waals surface area contributed by atoms with E-state index in [-0.39, 0.29) is 28.6 Å². The molecule has 0 radical (unpaired) electrons. The average Bonchev–Trinajstić information content (AvgIpc) is 3.51. The largest absolute Gasteiger partial charge is 0.459 e. The van der Waals surface area contributed by atoms with Crippen LogP contribution in [0.2, 0.25) is 0 Å². The molecule has 7 nitrogen and oxygen atoms in total. The van der Waals surface area contributed by atoms with Crippen molar-refractivity contribution in [3.05, 3.63) is 78.1 Å². The van der Waals surface area contributed by atoms with Crippen molar-refractivity contribution < 1.29 is 18.4 Å². The summed E-state index contributed by atoms with van der Waals surface area (Å²) in [4.78, 5) is 12.8. The lowest BCUT2D eigenvalue weighted by atomic mass is 9.61. The number of furan rings is 1. The summed E-state index contributed by atoms with van der Waals surface area (Å²) in [5.74, 6) is 0.699. The van der Waals surface area contributed by atoms with E-state index < -0.39 is 0 Å². The van der Waals surface area contributed by atoms with Gasteiger partial charge in [0, 0.05) is 5.56 Å². The van der Waals surface area contributed by atoms with E-state index in [4.69, 9.17) is 13.6 Å². The lowest BCUT2D eigenvalue weighted by Gasteiger charge is -2.49. The Labute approximate surface area is 204 Å². The van der Waals surface area contributed by atoms with Crippen molar-refractivity contribution in [1.82, 2.24) is 10.2 Å². The number of carbonyl (C=O) groups is 1. The van der Waals surface area contributed by atoms with Gasteiger partial charge in [-0.05, 0) is 57.7 Å². The molecular weight excluding hydrogens is 442 g/mol. The molecule has 5 rings (SSSR count). The second-order valence-electron chi connectivity index (χ2n) is 10.4. The Balaban J connectivity index is 1.34. The molecule has 1 N–H and O–H groups in total. The van der Waals surface area contributed by atoms with Gasteiger partial charge in [0.15, 0.2) is 5.76 Å². The molecule has 0 unspecified atom stereocenters. The lowest BCUT2D eigenvalue weighted by Crippen LogP contribution is -2.45. The second-order valence-corrected chi connectivity index (χ2v) is 10.4. The molecule has 1 aliphatic heterocycles. The van der Waals surface area contributed by atoms with Crippen LogP contribution in [0.3, 0.4) is 0 Å². The molecule has 4 aromatic rings. The molecule has 1 saturated heterocycles. The summed E-state index contributed by atoms with van der Waals surface area (Å²) in [6, 6.07) is 19.6. The van der Waals surface area contributed by atoms with Crippen LogP contribution in [0, 0.1) is 10.8 Å². The van der Waals surface area contributed by atoms with Crippen molar-refractivity contribution in [3.63, 3.8) is 0 Å². The first-order valence-corrected chi connectivity index (χ1v) is 11.7. The van der Waals surface area contributed by atoms with Crippen LogP contribution >= 0.6 is 0 Å². The van der Waals surface area contributed by atoms with Crippen LogP contribution in [0.4, 0.5) is 6.01 Å². The molecule has 1 fully saturated rings. The highest BCUT2D eigenvalue weighted by molar-refractivity contribution is 6.03. The highest BCUT2D eigenvalue weighted by Gasteiger charge is 2.45. The smallest absolute Gasteiger partial charge is 0.322 e. The second kappa shape index (κ2) is 8.82. The van der Waals surface area contributed by atoms with Crippen LogP contribution in [0.1, 0.15) is 49.5 Å². The molecule has 7 heteroatoms. The summed E-state index contributed by atoms with van der Waals surface area (Å²) in [6.45, 7) is 10.6. The molecular formula is C28H29N3O4. The van der Waals surface area contributed by atoms with E-state index in [9.17, 15) is 4.79 Å². The quantitative estimate of drug-likeness (QED) is 0.361. The molecule has 0 spiro atoms. The first kappa shape index (κ1) is 23.1. The van der Waals surface area contributed by atoms with E-state index in [0.717, 1.165) is 24.3 Å². The molecule has 0 atom stereocenters. The van der Waals surface area contributed by atoms with Crippen LogP contribution in [-0.2, 0) is 4.74 Å². The maximum Gasteiger partial charge on any atom is 0.322 e. The molecule has 0 saturated carbocycles. The van der Waals surface area contributed by atoms with Crippen molar-refractivity contribution in [2.24, 2.45) is 10.8 Å². The number of hydrogen-bond acceptors (Lipinski definition) is 6. The monoisotopic (exact) mass is 471 g/mol. The van der Waals surface area contributed by atoms with Gasteiger partial charge >= 0.3 is 6.01 Å². The number of carbonyl (C=O) groups excluding carboxylic acids is 1. The summed E-state index contributed by atoms with van der Waals surface area (Å²) in [7, 11) is 0. The normalized spacial score (nSPS) is 17.3. The lowest BCUT2D eigenvalue weighted by molar-refractivity contribution is -0.0813. The van der Waals surface area contributed by atoms with Crippen LogP contribution in [0.5, 0.6) is 0 Å². The fourth-order valence-corrected chi connectivity index (χ4v) is 5.35.